The Morgan fingerprint density at radius 1 is 1.27 bits per heavy atom. The molecular weight excluding hydrogens is 544 g/mol. The van der Waals surface area contributed by atoms with Crippen LogP contribution in [0.25, 0.3) is 0 Å². The van der Waals surface area contributed by atoms with E-state index in [9.17, 15) is 28.7 Å². The lowest BCUT2D eigenvalue weighted by atomic mass is 9.96. The van der Waals surface area contributed by atoms with Crippen molar-refractivity contribution in [3.8, 4) is 11.8 Å². The van der Waals surface area contributed by atoms with Crippen molar-refractivity contribution >= 4 is 23.4 Å². The predicted molar refractivity (Wildman–Crippen MR) is 140 cm³/mol. The van der Waals surface area contributed by atoms with Crippen LogP contribution in [0.15, 0.2) is 42.5 Å². The summed E-state index contributed by atoms with van der Waals surface area (Å²) in [4.78, 5) is 30.7. The molecule has 2 aliphatic heterocycles. The maximum Gasteiger partial charge on any atom is 0.387 e. The largest absolute Gasteiger partial charge is 0.435 e. The van der Waals surface area contributed by atoms with Gasteiger partial charge in [0.2, 0.25) is 0 Å². The Morgan fingerprint density at radius 2 is 2.00 bits per heavy atom. The first-order chi connectivity index (χ1) is 19.1. The zero-order chi connectivity index (χ0) is 28.7. The Balaban J connectivity index is 1.45. The zero-order valence-electron chi connectivity index (χ0n) is 21.7. The summed E-state index contributed by atoms with van der Waals surface area (Å²) >= 11 is 6.04. The molecule has 1 aromatic heterocycles. The van der Waals surface area contributed by atoms with E-state index in [1.54, 1.807) is 39.6 Å². The maximum absolute atomic E-state index is 14.0. The summed E-state index contributed by atoms with van der Waals surface area (Å²) in [7, 11) is 0. The van der Waals surface area contributed by atoms with Gasteiger partial charge in [0.1, 0.15) is 17.5 Å². The molecule has 12 heteroatoms. The number of ether oxygens (including phenoxy) is 1. The molecule has 3 heterocycles. The van der Waals surface area contributed by atoms with Crippen LogP contribution in [0.1, 0.15) is 63.1 Å². The lowest BCUT2D eigenvalue weighted by Crippen LogP contribution is -2.51. The van der Waals surface area contributed by atoms with Crippen molar-refractivity contribution in [3.63, 3.8) is 0 Å². The fourth-order valence-corrected chi connectivity index (χ4v) is 5.61. The number of aromatic nitrogens is 2. The molecule has 0 saturated heterocycles. The van der Waals surface area contributed by atoms with Gasteiger partial charge in [-0.15, -0.1) is 0 Å². The summed E-state index contributed by atoms with van der Waals surface area (Å²) in [6.45, 7) is 0.853. The van der Waals surface area contributed by atoms with E-state index < -0.39 is 18.7 Å². The molecule has 2 aromatic carbocycles. The number of halogens is 3. The van der Waals surface area contributed by atoms with E-state index in [0.29, 0.717) is 34.5 Å². The molecule has 0 saturated carbocycles. The molecule has 208 valence electrons. The highest BCUT2D eigenvalue weighted by Crippen LogP contribution is 2.35. The zero-order valence-corrected chi connectivity index (χ0v) is 22.5. The van der Waals surface area contributed by atoms with Crippen LogP contribution in [0.2, 0.25) is 5.02 Å². The molecule has 1 N–H and O–H groups in total. The van der Waals surface area contributed by atoms with Crippen molar-refractivity contribution in [1.82, 2.24) is 19.6 Å². The summed E-state index contributed by atoms with van der Waals surface area (Å²) in [5.74, 6) is -0.637. The molecule has 0 radical (unpaired) electrons. The molecule has 0 fully saturated rings. The van der Waals surface area contributed by atoms with Gasteiger partial charge in [0, 0.05) is 23.6 Å². The molecule has 0 spiro atoms. The number of amides is 2. The van der Waals surface area contributed by atoms with E-state index in [-0.39, 0.29) is 53.9 Å². The minimum absolute atomic E-state index is 0.00299. The molecule has 2 unspecified atom stereocenters. The average molecular weight is 570 g/mol. The molecule has 9 nitrogen and oxygen atoms in total. The van der Waals surface area contributed by atoms with Crippen molar-refractivity contribution in [2.45, 2.75) is 58.1 Å². The van der Waals surface area contributed by atoms with Gasteiger partial charge in [0.25, 0.3) is 11.8 Å². The van der Waals surface area contributed by atoms with Crippen LogP contribution < -0.4 is 4.74 Å². The highest BCUT2D eigenvalue weighted by atomic mass is 35.5. The van der Waals surface area contributed by atoms with Crippen LogP contribution in [-0.2, 0) is 19.5 Å². The van der Waals surface area contributed by atoms with E-state index in [1.165, 1.54) is 24.3 Å². The first-order valence-corrected chi connectivity index (χ1v) is 13.1. The number of rotatable bonds is 6. The molecule has 2 aliphatic rings. The second-order valence-electron chi connectivity index (χ2n) is 9.92. The monoisotopic (exact) mass is 569 g/mol. The molecular formula is C28H26ClF2N5O4. The Morgan fingerprint density at radius 3 is 2.65 bits per heavy atom. The predicted octanol–water partition coefficient (Wildman–Crippen LogP) is 4.17. The lowest BCUT2D eigenvalue weighted by molar-refractivity contribution is -0.0498. The summed E-state index contributed by atoms with van der Waals surface area (Å²) in [6.07, 6.45) is 0.429. The van der Waals surface area contributed by atoms with E-state index in [4.69, 9.17) is 11.6 Å². The van der Waals surface area contributed by atoms with Gasteiger partial charge in [0.15, 0.2) is 0 Å². The summed E-state index contributed by atoms with van der Waals surface area (Å²) in [5, 5.41) is 24.4. The summed E-state index contributed by atoms with van der Waals surface area (Å²) in [6, 6.07) is 11.3. The van der Waals surface area contributed by atoms with Crippen LogP contribution in [0.3, 0.4) is 0 Å². The molecule has 2 amide bonds. The van der Waals surface area contributed by atoms with Crippen molar-refractivity contribution in [2.24, 2.45) is 0 Å². The minimum atomic E-state index is -2.94. The van der Waals surface area contributed by atoms with Crippen molar-refractivity contribution in [1.29, 1.82) is 5.26 Å². The fourth-order valence-electron chi connectivity index (χ4n) is 5.45. The van der Waals surface area contributed by atoms with Gasteiger partial charge in [-0.1, -0.05) is 23.7 Å². The SMILES string of the molecule is CC(c1ccc(OC(F)F)cc1)N1C(=O)c2c3c(nn2CC1CO)C[C@@H](C)N(C(=O)c1ccc(Cl)c(C#N)c1)C3. The number of benzene rings is 2. The second-order valence-corrected chi connectivity index (χ2v) is 10.3. The Labute approximate surface area is 234 Å². The van der Waals surface area contributed by atoms with Crippen molar-refractivity contribution in [3.05, 3.63) is 81.1 Å². The molecule has 5 rings (SSSR count). The highest BCUT2D eigenvalue weighted by Gasteiger charge is 2.42. The number of aliphatic hydroxyl groups is 1. The van der Waals surface area contributed by atoms with Crippen molar-refractivity contribution in [2.75, 3.05) is 6.61 Å². The smallest absolute Gasteiger partial charge is 0.387 e. The number of carbonyl (C=O) groups excluding carboxylic acids is 2. The average Bonchev–Trinajstić information content (AvgIpc) is 3.29. The van der Waals surface area contributed by atoms with E-state index in [0.717, 1.165) is 0 Å². The summed E-state index contributed by atoms with van der Waals surface area (Å²) < 4.78 is 31.2. The molecule has 0 bridgehead atoms. The second kappa shape index (κ2) is 10.9. The quantitative estimate of drug-likeness (QED) is 0.477. The Hall–Kier alpha value is -4.01. The fraction of sp³-hybridized carbons (Fsp3) is 0.357. The number of carbonyl (C=O) groups is 2. The van der Waals surface area contributed by atoms with Gasteiger partial charge < -0.3 is 19.6 Å². The highest BCUT2D eigenvalue weighted by molar-refractivity contribution is 6.31. The van der Waals surface area contributed by atoms with Gasteiger partial charge in [-0.05, 0) is 49.7 Å². The molecule has 3 aromatic rings. The van der Waals surface area contributed by atoms with E-state index >= 15 is 0 Å². The number of alkyl halides is 2. The number of nitrogens with zero attached hydrogens (tertiary/aromatic N) is 5. The number of nitriles is 1. The van der Waals surface area contributed by atoms with Crippen LogP contribution in [0.5, 0.6) is 5.75 Å². The van der Waals surface area contributed by atoms with Gasteiger partial charge >= 0.3 is 6.61 Å². The minimum Gasteiger partial charge on any atom is -0.435 e. The van der Waals surface area contributed by atoms with Crippen LogP contribution in [0, 0.1) is 11.3 Å². The lowest BCUT2D eigenvalue weighted by Gasteiger charge is -2.40. The first kappa shape index (κ1) is 27.6. The standard InChI is InChI=1S/C28H26ClF2N5O4/c1-15-9-24-22(13-34(15)26(38)18-5-8-23(29)19(10-18)11-32)25-27(39)36(20(14-37)12-35(25)33-24)16(2)17-3-6-21(7-4-17)40-28(30)31/h3-8,10,15-16,20,28,37H,9,12-14H2,1-2H3/t15-,16?,20?/m1/s1. The number of aliphatic hydroxyl groups excluding tert-OH is 1. The third-order valence-corrected chi connectivity index (χ3v) is 7.84. The number of hydrogen-bond donors (Lipinski definition) is 1. The topological polar surface area (TPSA) is 112 Å². The molecule has 3 atom stereocenters. The van der Waals surface area contributed by atoms with Crippen LogP contribution in [-0.4, -0.2) is 61.8 Å². The van der Waals surface area contributed by atoms with Gasteiger partial charge in [-0.2, -0.15) is 19.1 Å². The number of fused-ring (bicyclic) bond motifs is 3. The maximum atomic E-state index is 14.0. The third kappa shape index (κ3) is 4.89. The molecule has 40 heavy (non-hydrogen) atoms. The first-order valence-electron chi connectivity index (χ1n) is 12.7. The van der Waals surface area contributed by atoms with Gasteiger partial charge in [-0.3, -0.25) is 14.3 Å². The van der Waals surface area contributed by atoms with Gasteiger partial charge in [0.05, 0.1) is 48.1 Å². The van der Waals surface area contributed by atoms with E-state index in [2.05, 4.69) is 9.84 Å². The molecule has 0 aliphatic carbocycles. The van der Waals surface area contributed by atoms with Crippen LogP contribution in [0.4, 0.5) is 8.78 Å². The van der Waals surface area contributed by atoms with Crippen molar-refractivity contribution < 1.29 is 28.2 Å². The Bertz CT molecular complexity index is 1500. The van der Waals surface area contributed by atoms with Crippen LogP contribution >= 0.6 is 11.6 Å². The Kier molecular flexibility index (Phi) is 7.49. The van der Waals surface area contributed by atoms with E-state index in [1.807, 2.05) is 13.0 Å². The van der Waals surface area contributed by atoms with Gasteiger partial charge in [-0.25, -0.2) is 0 Å². The normalized spacial score (nSPS) is 19.2. The summed E-state index contributed by atoms with van der Waals surface area (Å²) in [5.41, 5.74) is 2.90. The third-order valence-electron chi connectivity index (χ3n) is 7.51. The number of hydrogen-bond acceptors (Lipinski definition) is 6.